The van der Waals surface area contributed by atoms with E-state index in [1.54, 1.807) is 0 Å². The van der Waals surface area contributed by atoms with Crippen LogP contribution in [0.15, 0.2) is 33.7 Å². The first kappa shape index (κ1) is 10.7. The number of benzene rings is 1. The zero-order valence-corrected chi connectivity index (χ0v) is 10.5. The SMILES string of the molecule is CC(C)[C@@H]1COC(c2ccc(Br)cc2)=N1. The molecule has 0 N–H and O–H groups in total. The maximum absolute atomic E-state index is 5.59. The molecular formula is C12H14BrNO. The topological polar surface area (TPSA) is 21.6 Å². The molecule has 1 aliphatic rings. The Balaban J connectivity index is 2.19. The minimum absolute atomic E-state index is 0.309. The normalized spacial score (nSPS) is 20.3. The van der Waals surface area contributed by atoms with Crippen molar-refractivity contribution in [1.29, 1.82) is 0 Å². The highest BCUT2D eigenvalue weighted by Gasteiger charge is 2.22. The van der Waals surface area contributed by atoms with Gasteiger partial charge >= 0.3 is 0 Å². The van der Waals surface area contributed by atoms with Crippen LogP contribution in [0.1, 0.15) is 19.4 Å². The van der Waals surface area contributed by atoms with Crippen molar-refractivity contribution in [3.05, 3.63) is 34.3 Å². The lowest BCUT2D eigenvalue weighted by Crippen LogP contribution is -2.13. The zero-order valence-electron chi connectivity index (χ0n) is 8.90. The molecule has 2 nitrogen and oxygen atoms in total. The average Bonchev–Trinajstić information content (AvgIpc) is 2.68. The van der Waals surface area contributed by atoms with E-state index in [0.717, 1.165) is 15.9 Å². The number of hydrogen-bond acceptors (Lipinski definition) is 2. The summed E-state index contributed by atoms with van der Waals surface area (Å²) in [7, 11) is 0. The van der Waals surface area contributed by atoms with Crippen LogP contribution in [0.2, 0.25) is 0 Å². The molecule has 0 spiro atoms. The minimum Gasteiger partial charge on any atom is -0.475 e. The monoisotopic (exact) mass is 267 g/mol. The number of rotatable bonds is 2. The first-order chi connectivity index (χ1) is 7.16. The van der Waals surface area contributed by atoms with E-state index in [4.69, 9.17) is 4.74 Å². The first-order valence-corrected chi connectivity index (χ1v) is 5.92. The fourth-order valence-corrected chi connectivity index (χ4v) is 1.75. The Morgan fingerprint density at radius 2 is 2.00 bits per heavy atom. The van der Waals surface area contributed by atoms with Crippen LogP contribution in [0.25, 0.3) is 0 Å². The Bertz CT molecular complexity index is 370. The molecule has 3 heteroatoms. The molecule has 2 rings (SSSR count). The van der Waals surface area contributed by atoms with Gasteiger partial charge in [-0.05, 0) is 30.2 Å². The number of halogens is 1. The lowest BCUT2D eigenvalue weighted by Gasteiger charge is -2.06. The van der Waals surface area contributed by atoms with Gasteiger partial charge in [-0.3, -0.25) is 0 Å². The predicted octanol–water partition coefficient (Wildman–Crippen LogP) is 3.25. The van der Waals surface area contributed by atoms with E-state index in [1.807, 2.05) is 24.3 Å². The summed E-state index contributed by atoms with van der Waals surface area (Å²) < 4.78 is 6.66. The van der Waals surface area contributed by atoms with E-state index in [0.29, 0.717) is 18.6 Å². The molecule has 0 bridgehead atoms. The second kappa shape index (κ2) is 4.35. The summed E-state index contributed by atoms with van der Waals surface area (Å²) in [6, 6.07) is 8.36. The van der Waals surface area contributed by atoms with Gasteiger partial charge in [0.05, 0.1) is 6.04 Å². The molecule has 1 aliphatic heterocycles. The molecule has 15 heavy (non-hydrogen) atoms. The van der Waals surface area contributed by atoms with Gasteiger partial charge in [0.2, 0.25) is 5.90 Å². The smallest absolute Gasteiger partial charge is 0.216 e. The van der Waals surface area contributed by atoms with Gasteiger partial charge in [0.1, 0.15) is 6.61 Å². The highest BCUT2D eigenvalue weighted by atomic mass is 79.9. The van der Waals surface area contributed by atoms with E-state index < -0.39 is 0 Å². The Morgan fingerprint density at radius 3 is 2.53 bits per heavy atom. The van der Waals surface area contributed by atoms with Gasteiger partial charge in [0.25, 0.3) is 0 Å². The van der Waals surface area contributed by atoms with Gasteiger partial charge in [0, 0.05) is 10.0 Å². The van der Waals surface area contributed by atoms with Crippen molar-refractivity contribution in [2.24, 2.45) is 10.9 Å². The second-order valence-corrected chi connectivity index (χ2v) is 4.98. The third kappa shape index (κ3) is 2.40. The Labute approximate surface area is 98.5 Å². The largest absolute Gasteiger partial charge is 0.475 e. The van der Waals surface area contributed by atoms with E-state index >= 15 is 0 Å². The van der Waals surface area contributed by atoms with Crippen molar-refractivity contribution in [2.75, 3.05) is 6.61 Å². The van der Waals surface area contributed by atoms with Crippen molar-refractivity contribution in [3.63, 3.8) is 0 Å². The van der Waals surface area contributed by atoms with Gasteiger partial charge in [-0.2, -0.15) is 0 Å². The molecule has 0 saturated heterocycles. The van der Waals surface area contributed by atoms with Crippen LogP contribution < -0.4 is 0 Å². The maximum Gasteiger partial charge on any atom is 0.216 e. The molecule has 80 valence electrons. The molecule has 0 aliphatic carbocycles. The van der Waals surface area contributed by atoms with Crippen LogP contribution in [0.3, 0.4) is 0 Å². The van der Waals surface area contributed by atoms with E-state index in [-0.39, 0.29) is 0 Å². The molecule has 0 amide bonds. The molecule has 0 aromatic heterocycles. The fraction of sp³-hybridized carbons (Fsp3) is 0.417. The summed E-state index contributed by atoms with van der Waals surface area (Å²) >= 11 is 3.41. The molecule has 1 heterocycles. The van der Waals surface area contributed by atoms with E-state index in [9.17, 15) is 0 Å². The highest BCUT2D eigenvalue weighted by Crippen LogP contribution is 2.18. The van der Waals surface area contributed by atoms with Crippen LogP contribution in [-0.2, 0) is 4.74 Å². The summed E-state index contributed by atoms with van der Waals surface area (Å²) in [4.78, 5) is 4.57. The van der Waals surface area contributed by atoms with E-state index in [1.165, 1.54) is 0 Å². The summed E-state index contributed by atoms with van der Waals surface area (Å²) in [6.07, 6.45) is 0. The summed E-state index contributed by atoms with van der Waals surface area (Å²) in [5.41, 5.74) is 1.06. The molecule has 1 aromatic carbocycles. The van der Waals surface area contributed by atoms with Gasteiger partial charge in [-0.15, -0.1) is 0 Å². The Kier molecular flexibility index (Phi) is 3.10. The molecule has 1 aromatic rings. The summed E-state index contributed by atoms with van der Waals surface area (Å²) in [5.74, 6) is 1.32. The molecule has 0 fully saturated rings. The van der Waals surface area contributed by atoms with Crippen molar-refractivity contribution in [2.45, 2.75) is 19.9 Å². The molecule has 0 unspecified atom stereocenters. The average molecular weight is 268 g/mol. The highest BCUT2D eigenvalue weighted by molar-refractivity contribution is 9.10. The van der Waals surface area contributed by atoms with Crippen molar-refractivity contribution in [3.8, 4) is 0 Å². The molecular weight excluding hydrogens is 254 g/mol. The number of ether oxygens (including phenoxy) is 1. The third-order valence-corrected chi connectivity index (χ3v) is 3.06. The zero-order chi connectivity index (χ0) is 10.8. The third-order valence-electron chi connectivity index (χ3n) is 2.53. The maximum atomic E-state index is 5.59. The fourth-order valence-electron chi connectivity index (χ4n) is 1.48. The predicted molar refractivity (Wildman–Crippen MR) is 65.3 cm³/mol. The number of hydrogen-bond donors (Lipinski definition) is 0. The van der Waals surface area contributed by atoms with Gasteiger partial charge in [-0.1, -0.05) is 29.8 Å². The van der Waals surface area contributed by atoms with Crippen LogP contribution in [0.4, 0.5) is 0 Å². The Hall–Kier alpha value is -0.830. The molecule has 0 saturated carbocycles. The molecule has 0 radical (unpaired) electrons. The minimum atomic E-state index is 0.309. The summed E-state index contributed by atoms with van der Waals surface area (Å²) in [6.45, 7) is 5.05. The van der Waals surface area contributed by atoms with Gasteiger partial charge in [0.15, 0.2) is 0 Å². The van der Waals surface area contributed by atoms with Crippen LogP contribution >= 0.6 is 15.9 Å². The summed E-state index contributed by atoms with van der Waals surface area (Å²) in [5, 5.41) is 0. The second-order valence-electron chi connectivity index (χ2n) is 4.06. The number of aliphatic imine (C=N–C) groups is 1. The van der Waals surface area contributed by atoms with Crippen LogP contribution in [-0.4, -0.2) is 18.5 Å². The van der Waals surface area contributed by atoms with E-state index in [2.05, 4.69) is 34.8 Å². The quantitative estimate of drug-likeness (QED) is 0.806. The van der Waals surface area contributed by atoms with Crippen molar-refractivity contribution >= 4 is 21.8 Å². The van der Waals surface area contributed by atoms with Crippen molar-refractivity contribution in [1.82, 2.24) is 0 Å². The Morgan fingerprint density at radius 1 is 1.33 bits per heavy atom. The number of nitrogens with zero attached hydrogens (tertiary/aromatic N) is 1. The lowest BCUT2D eigenvalue weighted by atomic mass is 10.1. The standard InChI is InChI=1S/C12H14BrNO/c1-8(2)11-7-15-12(14-11)9-3-5-10(13)6-4-9/h3-6,8,11H,7H2,1-2H3/t11-/m0/s1. The van der Waals surface area contributed by atoms with Gasteiger partial charge in [-0.25, -0.2) is 4.99 Å². The van der Waals surface area contributed by atoms with Crippen molar-refractivity contribution < 1.29 is 4.74 Å². The molecule has 1 atom stereocenters. The van der Waals surface area contributed by atoms with Crippen LogP contribution in [0, 0.1) is 5.92 Å². The first-order valence-electron chi connectivity index (χ1n) is 5.13. The lowest BCUT2D eigenvalue weighted by molar-refractivity contribution is 0.292. The van der Waals surface area contributed by atoms with Gasteiger partial charge < -0.3 is 4.74 Å². The van der Waals surface area contributed by atoms with Crippen LogP contribution in [0.5, 0.6) is 0 Å².